The van der Waals surface area contributed by atoms with Crippen LogP contribution in [0.1, 0.15) is 26.3 Å². The second-order valence-electron chi connectivity index (χ2n) is 6.12. The number of halogens is 1. The summed E-state index contributed by atoms with van der Waals surface area (Å²) in [5.74, 6) is 0.481. The highest BCUT2D eigenvalue weighted by Gasteiger charge is 2.27. The average molecular weight is 366 g/mol. The monoisotopic (exact) mass is 365 g/mol. The fraction of sp³-hybridized carbons (Fsp3) is 0.421. The summed E-state index contributed by atoms with van der Waals surface area (Å²) >= 11 is 0. The van der Waals surface area contributed by atoms with E-state index in [1.165, 1.54) is 6.07 Å². The molecule has 2 aromatic heterocycles. The topological polar surface area (TPSA) is 52.6 Å². The van der Waals surface area contributed by atoms with Gasteiger partial charge in [-0.25, -0.2) is 4.79 Å². The molecular weight excluding hydrogens is 342 g/mol. The number of ether oxygens (including phenoxy) is 1. The third-order valence-corrected chi connectivity index (χ3v) is 5.27. The van der Waals surface area contributed by atoms with Crippen molar-refractivity contribution in [2.24, 2.45) is 0 Å². The summed E-state index contributed by atoms with van der Waals surface area (Å²) in [6, 6.07) is 5.27. The maximum absolute atomic E-state index is 11.7. The van der Waals surface area contributed by atoms with E-state index in [-0.39, 0.29) is 18.0 Å². The van der Waals surface area contributed by atoms with Crippen LogP contribution in [0.25, 0.3) is 21.9 Å². The van der Waals surface area contributed by atoms with Gasteiger partial charge in [-0.1, -0.05) is 0 Å². The van der Waals surface area contributed by atoms with Crippen LogP contribution in [-0.2, 0) is 6.54 Å². The molecule has 5 nitrogen and oxygen atoms in total. The molecule has 0 aliphatic rings. The lowest BCUT2D eigenvalue weighted by molar-refractivity contribution is -0.935. The molecule has 0 aliphatic heterocycles. The van der Waals surface area contributed by atoms with Gasteiger partial charge in [-0.15, -0.1) is 0 Å². The van der Waals surface area contributed by atoms with E-state index in [4.69, 9.17) is 13.6 Å². The first-order valence-electron chi connectivity index (χ1n) is 8.44. The van der Waals surface area contributed by atoms with E-state index in [9.17, 15) is 4.79 Å². The van der Waals surface area contributed by atoms with Crippen LogP contribution in [0, 0.1) is 0 Å². The normalized spacial score (nSPS) is 11.7. The van der Waals surface area contributed by atoms with Crippen molar-refractivity contribution in [3.8, 4) is 5.75 Å². The largest absolute Gasteiger partial charge is 1.00 e. The Morgan fingerprint density at radius 2 is 1.64 bits per heavy atom. The van der Waals surface area contributed by atoms with E-state index in [0.717, 1.165) is 47.0 Å². The highest BCUT2D eigenvalue weighted by Crippen LogP contribution is 2.39. The molecule has 0 radical (unpaired) electrons. The zero-order valence-corrected chi connectivity index (χ0v) is 15.9. The third kappa shape index (κ3) is 3.14. The zero-order chi connectivity index (χ0) is 17.3. The van der Waals surface area contributed by atoms with Crippen molar-refractivity contribution in [2.45, 2.75) is 27.3 Å². The number of quaternary nitrogens is 1. The van der Waals surface area contributed by atoms with Crippen molar-refractivity contribution in [3.63, 3.8) is 0 Å². The SMILES string of the molecule is CC[N+](CC)(CC)Cc1c2ccoc2c(OC)c2oc(=O)ccc12.[Cl-]. The van der Waals surface area contributed by atoms with Gasteiger partial charge >= 0.3 is 5.63 Å². The first kappa shape index (κ1) is 19.3. The lowest BCUT2D eigenvalue weighted by Gasteiger charge is -2.36. The quantitative estimate of drug-likeness (QED) is 0.481. The lowest BCUT2D eigenvalue weighted by Crippen LogP contribution is -3.00. The number of hydrogen-bond acceptors (Lipinski definition) is 4. The third-order valence-electron chi connectivity index (χ3n) is 5.27. The molecule has 0 amide bonds. The fourth-order valence-electron chi connectivity index (χ4n) is 3.49. The summed E-state index contributed by atoms with van der Waals surface area (Å²) in [7, 11) is 1.56. The Morgan fingerprint density at radius 1 is 1.00 bits per heavy atom. The minimum atomic E-state index is -0.389. The van der Waals surface area contributed by atoms with Crippen LogP contribution in [0.5, 0.6) is 5.75 Å². The molecule has 3 rings (SSSR count). The van der Waals surface area contributed by atoms with Crippen molar-refractivity contribution in [1.29, 1.82) is 0 Å². The van der Waals surface area contributed by atoms with E-state index in [0.29, 0.717) is 16.9 Å². The Morgan fingerprint density at radius 3 is 2.24 bits per heavy atom. The molecular formula is C19H24ClNO4. The molecule has 0 saturated heterocycles. The summed E-state index contributed by atoms with van der Waals surface area (Å²) in [6.07, 6.45) is 1.66. The number of nitrogens with zero attached hydrogens (tertiary/aromatic N) is 1. The molecule has 0 fully saturated rings. The van der Waals surface area contributed by atoms with Gasteiger partial charge in [0.05, 0.1) is 33.0 Å². The van der Waals surface area contributed by atoms with E-state index in [2.05, 4.69) is 20.8 Å². The molecule has 0 aliphatic carbocycles. The number of fused-ring (bicyclic) bond motifs is 2. The molecule has 0 spiro atoms. The Hall–Kier alpha value is -1.98. The van der Waals surface area contributed by atoms with Gasteiger partial charge in [-0.3, -0.25) is 0 Å². The van der Waals surface area contributed by atoms with E-state index < -0.39 is 0 Å². The molecule has 6 heteroatoms. The Kier molecular flexibility index (Phi) is 5.80. The van der Waals surface area contributed by atoms with Crippen molar-refractivity contribution >= 4 is 21.9 Å². The average Bonchev–Trinajstić information content (AvgIpc) is 3.08. The van der Waals surface area contributed by atoms with Crippen molar-refractivity contribution in [2.75, 3.05) is 26.7 Å². The summed E-state index contributed by atoms with van der Waals surface area (Å²) < 4.78 is 17.6. The van der Waals surface area contributed by atoms with E-state index >= 15 is 0 Å². The van der Waals surface area contributed by atoms with E-state index in [1.807, 2.05) is 12.1 Å². The lowest BCUT2D eigenvalue weighted by atomic mass is 10.0. The van der Waals surface area contributed by atoms with Gasteiger partial charge in [0.2, 0.25) is 5.75 Å². The van der Waals surface area contributed by atoms with Crippen LogP contribution in [0.4, 0.5) is 0 Å². The van der Waals surface area contributed by atoms with E-state index in [1.54, 1.807) is 13.4 Å². The Labute approximate surface area is 153 Å². The van der Waals surface area contributed by atoms with Crippen molar-refractivity contribution < 1.29 is 30.5 Å². The number of methoxy groups -OCH3 is 1. The minimum Gasteiger partial charge on any atom is -1.00 e. The molecule has 3 aromatic rings. The molecule has 0 unspecified atom stereocenters. The van der Waals surface area contributed by atoms with Crippen LogP contribution in [0.15, 0.2) is 38.1 Å². The molecule has 25 heavy (non-hydrogen) atoms. The maximum Gasteiger partial charge on any atom is 0.336 e. The van der Waals surface area contributed by atoms with Gasteiger partial charge in [0, 0.05) is 22.4 Å². The zero-order valence-electron chi connectivity index (χ0n) is 15.1. The minimum absolute atomic E-state index is 0. The number of hydrogen-bond donors (Lipinski definition) is 0. The van der Waals surface area contributed by atoms with Crippen molar-refractivity contribution in [1.82, 2.24) is 0 Å². The highest BCUT2D eigenvalue weighted by molar-refractivity contribution is 6.03. The molecule has 1 aromatic carbocycles. The van der Waals surface area contributed by atoms with Gasteiger partial charge in [0.1, 0.15) is 6.54 Å². The molecule has 136 valence electrons. The van der Waals surface area contributed by atoms with Crippen LogP contribution in [-0.4, -0.2) is 31.2 Å². The molecule has 0 saturated carbocycles. The second kappa shape index (κ2) is 7.50. The summed E-state index contributed by atoms with van der Waals surface area (Å²) in [5, 5.41) is 1.93. The molecule has 0 atom stereocenters. The van der Waals surface area contributed by atoms with Gasteiger partial charge in [-0.05, 0) is 32.9 Å². The second-order valence-corrected chi connectivity index (χ2v) is 6.12. The number of rotatable bonds is 6. The molecule has 2 heterocycles. The van der Waals surface area contributed by atoms with Crippen molar-refractivity contribution in [3.05, 3.63) is 40.4 Å². The maximum atomic E-state index is 11.7. The van der Waals surface area contributed by atoms with Crippen LogP contribution < -0.4 is 22.8 Å². The summed E-state index contributed by atoms with van der Waals surface area (Å²) in [5.41, 5.74) is 1.85. The fourth-order valence-corrected chi connectivity index (χ4v) is 3.49. The predicted octanol–water partition coefficient (Wildman–Crippen LogP) is 0.928. The number of furan rings is 1. The number of benzene rings is 1. The van der Waals surface area contributed by atoms with Crippen LogP contribution in [0.2, 0.25) is 0 Å². The molecule has 0 bridgehead atoms. The summed E-state index contributed by atoms with van der Waals surface area (Å²) in [4.78, 5) is 11.7. The Balaban J connectivity index is 0.00000225. The Bertz CT molecular complexity index is 916. The summed E-state index contributed by atoms with van der Waals surface area (Å²) in [6.45, 7) is 10.6. The highest BCUT2D eigenvalue weighted by atomic mass is 35.5. The first-order valence-corrected chi connectivity index (χ1v) is 8.44. The smallest absolute Gasteiger partial charge is 0.336 e. The van der Waals surface area contributed by atoms with Crippen LogP contribution >= 0.6 is 0 Å². The predicted molar refractivity (Wildman–Crippen MR) is 94.4 cm³/mol. The van der Waals surface area contributed by atoms with Gasteiger partial charge < -0.3 is 30.5 Å². The van der Waals surface area contributed by atoms with Gasteiger partial charge in [0.15, 0.2) is 11.2 Å². The standard InChI is InChI=1S/C19H24NO4.ClH/c1-5-20(6-2,7-3)12-15-13-8-9-16(21)24-18(13)19(22-4)17-14(15)10-11-23-17;/h8-11H,5-7,12H2,1-4H3;1H/q+1;/p-1. The van der Waals surface area contributed by atoms with Crippen LogP contribution in [0.3, 0.4) is 0 Å². The first-order chi connectivity index (χ1) is 11.6. The van der Waals surface area contributed by atoms with Gasteiger partial charge in [-0.2, -0.15) is 0 Å². The molecule has 0 N–H and O–H groups in total. The van der Waals surface area contributed by atoms with Gasteiger partial charge in [0.25, 0.3) is 0 Å².